The smallest absolute Gasteiger partial charge is 0.328 e. The van der Waals surface area contributed by atoms with Crippen LogP contribution < -0.4 is 15.0 Å². The standard InChI is InChI=1S/C26H30N6O6/c1-16(15-36-2)38-22-10-23(28-12-19(22)11-27)30-26(35)32-7-4-5-17-9-18(20(14-33)29-24(17)32)13-31-8-6-21(37-3)25(31)34/h9-10,12,14,16,21H,4-8,13,15H2,1-3H3,(H,28,30,35)/t16-,21?/m1/s1. The Labute approximate surface area is 220 Å². The van der Waals surface area contributed by atoms with Gasteiger partial charge in [-0.3, -0.25) is 19.8 Å². The number of hydrogen-bond donors (Lipinski definition) is 1. The number of methoxy groups -OCH3 is 2. The molecule has 4 rings (SSSR count). The average molecular weight is 523 g/mol. The van der Waals surface area contributed by atoms with E-state index in [2.05, 4.69) is 15.3 Å². The number of nitrogens with zero attached hydrogens (tertiary/aromatic N) is 5. The topological polar surface area (TPSA) is 147 Å². The third kappa shape index (κ3) is 5.74. The van der Waals surface area contributed by atoms with E-state index in [0.717, 1.165) is 5.56 Å². The number of urea groups is 1. The number of fused-ring (bicyclic) bond motifs is 1. The fourth-order valence-corrected chi connectivity index (χ4v) is 4.63. The molecule has 2 aliphatic heterocycles. The van der Waals surface area contributed by atoms with Crippen molar-refractivity contribution in [3.05, 3.63) is 40.7 Å². The normalized spacial score (nSPS) is 17.5. The summed E-state index contributed by atoms with van der Waals surface area (Å²) < 4.78 is 16.1. The molecule has 200 valence electrons. The molecule has 1 N–H and O–H groups in total. The van der Waals surface area contributed by atoms with E-state index in [1.165, 1.54) is 24.3 Å². The number of aromatic nitrogens is 2. The number of rotatable bonds is 9. The van der Waals surface area contributed by atoms with Crippen LogP contribution in [0.3, 0.4) is 0 Å². The second-order valence-corrected chi connectivity index (χ2v) is 9.15. The van der Waals surface area contributed by atoms with Gasteiger partial charge in [-0.05, 0) is 31.4 Å². The van der Waals surface area contributed by atoms with Crippen LogP contribution in [0.1, 0.15) is 46.9 Å². The van der Waals surface area contributed by atoms with E-state index in [0.29, 0.717) is 56.6 Å². The molecule has 4 heterocycles. The maximum absolute atomic E-state index is 13.2. The highest BCUT2D eigenvalue weighted by Gasteiger charge is 2.33. The SMILES string of the molecule is COC[C@@H](C)Oc1cc(NC(=O)N2CCCc3cc(CN4CCC(OC)C4=O)c(C=O)nc32)ncc1C#N. The summed E-state index contributed by atoms with van der Waals surface area (Å²) >= 11 is 0. The van der Waals surface area contributed by atoms with Crippen molar-refractivity contribution in [1.82, 2.24) is 14.9 Å². The Bertz CT molecular complexity index is 1260. The number of pyridine rings is 2. The minimum Gasteiger partial charge on any atom is -0.487 e. The number of likely N-dealkylation sites (tertiary alicyclic amines) is 1. The highest BCUT2D eigenvalue weighted by Crippen LogP contribution is 2.30. The first-order valence-corrected chi connectivity index (χ1v) is 12.3. The van der Waals surface area contributed by atoms with E-state index in [4.69, 9.17) is 14.2 Å². The lowest BCUT2D eigenvalue weighted by atomic mass is 10.0. The van der Waals surface area contributed by atoms with E-state index < -0.39 is 12.1 Å². The van der Waals surface area contributed by atoms with Crippen molar-refractivity contribution in [3.8, 4) is 11.8 Å². The summed E-state index contributed by atoms with van der Waals surface area (Å²) in [5.41, 5.74) is 1.85. The zero-order valence-corrected chi connectivity index (χ0v) is 21.6. The molecule has 0 radical (unpaired) electrons. The van der Waals surface area contributed by atoms with Crippen LogP contribution in [0.15, 0.2) is 18.3 Å². The molecule has 1 fully saturated rings. The van der Waals surface area contributed by atoms with Crippen molar-refractivity contribution in [1.29, 1.82) is 5.26 Å². The predicted octanol–water partition coefficient (Wildman–Crippen LogP) is 2.31. The molecular weight excluding hydrogens is 492 g/mol. The Balaban J connectivity index is 1.54. The first kappa shape index (κ1) is 27.0. The lowest BCUT2D eigenvalue weighted by Gasteiger charge is -2.29. The van der Waals surface area contributed by atoms with Gasteiger partial charge in [-0.2, -0.15) is 5.26 Å². The van der Waals surface area contributed by atoms with Crippen LogP contribution in [0.4, 0.5) is 16.4 Å². The van der Waals surface area contributed by atoms with Gasteiger partial charge >= 0.3 is 6.03 Å². The number of hydrogen-bond acceptors (Lipinski definition) is 9. The number of carbonyl (C=O) groups is 3. The van der Waals surface area contributed by atoms with Crippen LogP contribution in [0, 0.1) is 11.3 Å². The fraction of sp³-hybridized carbons (Fsp3) is 0.462. The van der Waals surface area contributed by atoms with Crippen molar-refractivity contribution >= 4 is 29.9 Å². The van der Waals surface area contributed by atoms with E-state index in [1.54, 1.807) is 18.9 Å². The molecule has 0 aromatic carbocycles. The summed E-state index contributed by atoms with van der Waals surface area (Å²) in [5, 5.41) is 12.1. The van der Waals surface area contributed by atoms with Gasteiger partial charge in [0.1, 0.15) is 46.9 Å². The maximum atomic E-state index is 13.2. The molecule has 2 atom stereocenters. The molecule has 0 saturated carbocycles. The minimum absolute atomic E-state index is 0.113. The van der Waals surface area contributed by atoms with Crippen LogP contribution in [-0.2, 0) is 27.2 Å². The second-order valence-electron chi connectivity index (χ2n) is 9.15. The quantitative estimate of drug-likeness (QED) is 0.490. The molecule has 0 spiro atoms. The van der Waals surface area contributed by atoms with Crippen LogP contribution in [0.2, 0.25) is 0 Å². The number of nitrogens with one attached hydrogen (secondary N) is 1. The Morgan fingerprint density at radius 3 is 2.84 bits per heavy atom. The number of ether oxygens (including phenoxy) is 3. The number of nitriles is 1. The van der Waals surface area contributed by atoms with Gasteiger partial charge in [0, 0.05) is 51.9 Å². The average Bonchev–Trinajstić information content (AvgIpc) is 3.26. The van der Waals surface area contributed by atoms with Gasteiger partial charge < -0.3 is 19.1 Å². The Hall–Kier alpha value is -4.08. The van der Waals surface area contributed by atoms with Crippen LogP contribution >= 0.6 is 0 Å². The molecule has 1 saturated heterocycles. The number of amides is 3. The molecule has 2 aromatic rings. The van der Waals surface area contributed by atoms with Gasteiger partial charge in [0.2, 0.25) is 0 Å². The zero-order chi connectivity index (χ0) is 27.2. The molecule has 2 aromatic heterocycles. The number of carbonyl (C=O) groups excluding carboxylic acids is 3. The molecule has 12 heteroatoms. The summed E-state index contributed by atoms with van der Waals surface area (Å²) in [6.45, 7) is 3.31. The van der Waals surface area contributed by atoms with Crippen molar-refractivity contribution in [2.75, 3.05) is 44.1 Å². The zero-order valence-electron chi connectivity index (χ0n) is 21.6. The summed E-state index contributed by atoms with van der Waals surface area (Å²) in [6.07, 6.45) is 3.16. The molecule has 2 aliphatic rings. The van der Waals surface area contributed by atoms with Gasteiger partial charge in [-0.1, -0.05) is 0 Å². The molecule has 12 nitrogen and oxygen atoms in total. The van der Waals surface area contributed by atoms with Gasteiger partial charge in [0.25, 0.3) is 5.91 Å². The minimum atomic E-state index is -0.478. The first-order valence-electron chi connectivity index (χ1n) is 12.3. The molecule has 3 amide bonds. The van der Waals surface area contributed by atoms with Crippen LogP contribution in [-0.4, -0.2) is 79.2 Å². The van der Waals surface area contributed by atoms with Gasteiger partial charge in [0.05, 0.1) is 12.8 Å². The molecule has 38 heavy (non-hydrogen) atoms. The summed E-state index contributed by atoms with van der Waals surface area (Å²) in [6, 6.07) is 4.88. The number of anilines is 2. The number of aldehydes is 1. The van der Waals surface area contributed by atoms with Crippen molar-refractivity contribution in [2.24, 2.45) is 0 Å². The Kier molecular flexibility index (Phi) is 8.50. The fourth-order valence-electron chi connectivity index (χ4n) is 4.63. The van der Waals surface area contributed by atoms with Crippen molar-refractivity contribution in [3.63, 3.8) is 0 Å². The highest BCUT2D eigenvalue weighted by atomic mass is 16.5. The Morgan fingerprint density at radius 2 is 2.16 bits per heavy atom. The third-order valence-corrected chi connectivity index (χ3v) is 6.48. The van der Waals surface area contributed by atoms with Crippen LogP contribution in [0.5, 0.6) is 5.75 Å². The monoisotopic (exact) mass is 522 g/mol. The number of aryl methyl sites for hydroxylation is 1. The summed E-state index contributed by atoms with van der Waals surface area (Å²) in [7, 11) is 3.06. The lowest BCUT2D eigenvalue weighted by molar-refractivity contribution is -0.136. The summed E-state index contributed by atoms with van der Waals surface area (Å²) in [4.78, 5) is 49.5. The highest BCUT2D eigenvalue weighted by molar-refractivity contribution is 6.01. The van der Waals surface area contributed by atoms with Gasteiger partial charge in [0.15, 0.2) is 6.29 Å². The van der Waals surface area contributed by atoms with E-state index in [1.807, 2.05) is 12.1 Å². The van der Waals surface area contributed by atoms with Crippen molar-refractivity contribution in [2.45, 2.75) is 44.9 Å². The van der Waals surface area contributed by atoms with E-state index >= 15 is 0 Å². The second kappa shape index (κ2) is 12.0. The van der Waals surface area contributed by atoms with E-state index in [-0.39, 0.29) is 41.4 Å². The van der Waals surface area contributed by atoms with Gasteiger partial charge in [-0.15, -0.1) is 0 Å². The maximum Gasteiger partial charge on any atom is 0.328 e. The Morgan fingerprint density at radius 1 is 1.34 bits per heavy atom. The largest absolute Gasteiger partial charge is 0.487 e. The predicted molar refractivity (Wildman–Crippen MR) is 136 cm³/mol. The third-order valence-electron chi connectivity index (χ3n) is 6.48. The van der Waals surface area contributed by atoms with E-state index in [9.17, 15) is 19.6 Å². The summed E-state index contributed by atoms with van der Waals surface area (Å²) in [5.74, 6) is 0.756. The van der Waals surface area contributed by atoms with Crippen molar-refractivity contribution < 1.29 is 28.6 Å². The molecule has 0 bridgehead atoms. The van der Waals surface area contributed by atoms with Crippen LogP contribution in [0.25, 0.3) is 0 Å². The molecular formula is C26H30N6O6. The molecule has 0 aliphatic carbocycles. The molecule has 1 unspecified atom stereocenters. The van der Waals surface area contributed by atoms with Gasteiger partial charge in [-0.25, -0.2) is 14.8 Å². The lowest BCUT2D eigenvalue weighted by Crippen LogP contribution is -2.40. The first-order chi connectivity index (χ1) is 18.4.